The molecule has 0 radical (unpaired) electrons. The molecular formula is C21H24N4O5S2. The van der Waals surface area contributed by atoms with Crippen LogP contribution in [0.25, 0.3) is 0 Å². The molecule has 0 bridgehead atoms. The van der Waals surface area contributed by atoms with E-state index in [1.165, 1.54) is 9.21 Å². The van der Waals surface area contributed by atoms with E-state index in [1.54, 1.807) is 35.7 Å². The summed E-state index contributed by atoms with van der Waals surface area (Å²) in [6.07, 6.45) is 2.29. The molecule has 2 aromatic rings. The van der Waals surface area contributed by atoms with Crippen LogP contribution in [0.15, 0.2) is 39.9 Å². The highest BCUT2D eigenvalue weighted by Crippen LogP contribution is 2.35. The summed E-state index contributed by atoms with van der Waals surface area (Å²) in [5, 5.41) is 4.30. The molecule has 0 spiro atoms. The molecule has 1 aromatic carbocycles. The van der Waals surface area contributed by atoms with Gasteiger partial charge in [-0.15, -0.1) is 11.3 Å². The lowest BCUT2D eigenvalue weighted by Gasteiger charge is -2.31. The molecule has 170 valence electrons. The molecule has 2 aliphatic rings. The highest BCUT2D eigenvalue weighted by molar-refractivity contribution is 7.94. The van der Waals surface area contributed by atoms with E-state index in [0.717, 1.165) is 23.3 Å². The minimum Gasteiger partial charge on any atom is -0.369 e. The van der Waals surface area contributed by atoms with Crippen molar-refractivity contribution in [3.63, 3.8) is 0 Å². The van der Waals surface area contributed by atoms with E-state index < -0.39 is 27.7 Å². The lowest BCUT2D eigenvalue weighted by molar-refractivity contribution is -0.144. The first-order valence-electron chi connectivity index (χ1n) is 10.4. The van der Waals surface area contributed by atoms with Crippen LogP contribution in [0.2, 0.25) is 0 Å². The first kappa shape index (κ1) is 22.3. The van der Waals surface area contributed by atoms with Gasteiger partial charge >= 0.3 is 11.8 Å². The van der Waals surface area contributed by atoms with Crippen LogP contribution in [0.5, 0.6) is 0 Å². The van der Waals surface area contributed by atoms with E-state index in [0.29, 0.717) is 37.2 Å². The number of hydrogen-bond acceptors (Lipinski definition) is 6. The second-order valence-corrected chi connectivity index (χ2v) is 10.9. The molecule has 3 N–H and O–H groups in total. The van der Waals surface area contributed by atoms with Gasteiger partial charge < -0.3 is 16.0 Å². The number of rotatable bonds is 4. The third-order valence-electron chi connectivity index (χ3n) is 5.84. The minimum atomic E-state index is -3.70. The van der Waals surface area contributed by atoms with Crippen LogP contribution in [0, 0.1) is 5.92 Å². The highest BCUT2D eigenvalue weighted by atomic mass is 32.2. The molecular weight excluding hydrogens is 452 g/mol. The number of carbonyl (C=O) groups excluding carboxylic acids is 3. The van der Waals surface area contributed by atoms with Gasteiger partial charge in [0.15, 0.2) is 0 Å². The van der Waals surface area contributed by atoms with Crippen molar-refractivity contribution < 1.29 is 22.8 Å². The van der Waals surface area contributed by atoms with Gasteiger partial charge in [0.2, 0.25) is 5.91 Å². The smallest absolute Gasteiger partial charge is 0.313 e. The topological polar surface area (TPSA) is 130 Å². The third-order valence-corrected chi connectivity index (χ3v) is 9.02. The SMILES string of the molecule is NC(=O)C1CCN(C(=O)C(=O)Nc2ccc3c(c2)N(S(=O)(=O)c2cccs2)CCC3)CC1. The molecule has 0 unspecified atom stereocenters. The summed E-state index contributed by atoms with van der Waals surface area (Å²) in [6.45, 7) is 0.923. The number of thiophene rings is 1. The molecule has 1 aromatic heterocycles. The normalized spacial score (nSPS) is 17.0. The Hall–Kier alpha value is -2.92. The van der Waals surface area contributed by atoms with Crippen molar-refractivity contribution in [3.8, 4) is 0 Å². The van der Waals surface area contributed by atoms with Crippen LogP contribution >= 0.6 is 11.3 Å². The number of piperidine rings is 1. The standard InChI is InChI=1S/C21H24N4O5S2/c22-19(26)15-7-10-24(11-8-15)21(28)20(27)23-16-6-5-14-3-1-9-25(17(14)13-16)32(29,30)18-4-2-12-31-18/h2,4-6,12-13,15H,1,3,7-11H2,(H2,22,26)(H,23,27). The number of carbonyl (C=O) groups is 3. The van der Waals surface area contributed by atoms with Crippen LogP contribution in [-0.4, -0.2) is 50.7 Å². The Morgan fingerprint density at radius 3 is 2.50 bits per heavy atom. The lowest BCUT2D eigenvalue weighted by atomic mass is 9.96. The van der Waals surface area contributed by atoms with E-state index in [9.17, 15) is 22.8 Å². The zero-order chi connectivity index (χ0) is 22.9. The molecule has 0 saturated carbocycles. The van der Waals surface area contributed by atoms with Crippen molar-refractivity contribution in [2.45, 2.75) is 29.9 Å². The summed E-state index contributed by atoms with van der Waals surface area (Å²) in [7, 11) is -3.70. The fourth-order valence-electron chi connectivity index (χ4n) is 4.08. The number of anilines is 2. The van der Waals surface area contributed by atoms with Crippen LogP contribution < -0.4 is 15.4 Å². The van der Waals surface area contributed by atoms with E-state index >= 15 is 0 Å². The van der Waals surface area contributed by atoms with E-state index in [4.69, 9.17) is 5.73 Å². The summed E-state index contributed by atoms with van der Waals surface area (Å²) >= 11 is 1.16. The maximum absolute atomic E-state index is 13.1. The monoisotopic (exact) mass is 476 g/mol. The highest BCUT2D eigenvalue weighted by Gasteiger charge is 2.31. The summed E-state index contributed by atoms with van der Waals surface area (Å²) < 4.78 is 27.8. The van der Waals surface area contributed by atoms with Crippen LogP contribution in [0.4, 0.5) is 11.4 Å². The van der Waals surface area contributed by atoms with Crippen molar-refractivity contribution in [2.75, 3.05) is 29.3 Å². The first-order chi connectivity index (χ1) is 15.3. The van der Waals surface area contributed by atoms with Crippen LogP contribution in [0.1, 0.15) is 24.8 Å². The van der Waals surface area contributed by atoms with Gasteiger partial charge in [0.1, 0.15) is 4.21 Å². The van der Waals surface area contributed by atoms with Gasteiger partial charge in [-0.05, 0) is 54.8 Å². The summed E-state index contributed by atoms with van der Waals surface area (Å²) in [5.74, 6) is -2.16. The van der Waals surface area contributed by atoms with Crippen molar-refractivity contribution in [3.05, 3.63) is 41.3 Å². The lowest BCUT2D eigenvalue weighted by Crippen LogP contribution is -2.46. The number of nitrogens with two attached hydrogens (primary N) is 1. The predicted octanol–water partition coefficient (Wildman–Crippen LogP) is 1.55. The van der Waals surface area contributed by atoms with E-state index in [2.05, 4.69) is 5.32 Å². The number of benzene rings is 1. The zero-order valence-corrected chi connectivity index (χ0v) is 19.0. The molecule has 4 rings (SSSR count). The third kappa shape index (κ3) is 4.35. The molecule has 0 atom stereocenters. The molecule has 9 nitrogen and oxygen atoms in total. The average molecular weight is 477 g/mol. The van der Waals surface area contributed by atoms with Crippen molar-refractivity contribution in [1.29, 1.82) is 0 Å². The molecule has 1 fully saturated rings. The second kappa shape index (κ2) is 8.91. The van der Waals surface area contributed by atoms with Gasteiger partial charge in [-0.25, -0.2) is 8.42 Å². The Morgan fingerprint density at radius 2 is 1.84 bits per heavy atom. The minimum absolute atomic E-state index is 0.259. The number of nitrogens with zero attached hydrogens (tertiary/aromatic N) is 2. The van der Waals surface area contributed by atoms with Crippen molar-refractivity contribution in [1.82, 2.24) is 4.90 Å². The van der Waals surface area contributed by atoms with Gasteiger partial charge in [0, 0.05) is 31.2 Å². The van der Waals surface area contributed by atoms with Gasteiger partial charge in [-0.1, -0.05) is 12.1 Å². The van der Waals surface area contributed by atoms with E-state index in [1.807, 2.05) is 0 Å². The maximum Gasteiger partial charge on any atom is 0.313 e. The van der Waals surface area contributed by atoms with Gasteiger partial charge in [0.25, 0.3) is 10.0 Å². The van der Waals surface area contributed by atoms with Gasteiger partial charge in [-0.2, -0.15) is 0 Å². The van der Waals surface area contributed by atoms with Crippen LogP contribution in [-0.2, 0) is 30.8 Å². The molecule has 0 aliphatic carbocycles. The Morgan fingerprint density at radius 1 is 1.09 bits per heavy atom. The second-order valence-electron chi connectivity index (χ2n) is 7.88. The zero-order valence-electron chi connectivity index (χ0n) is 17.3. The molecule has 2 aliphatic heterocycles. The summed E-state index contributed by atoms with van der Waals surface area (Å²) in [6, 6.07) is 8.31. The molecule has 3 heterocycles. The first-order valence-corrected chi connectivity index (χ1v) is 12.7. The van der Waals surface area contributed by atoms with Crippen molar-refractivity contribution >= 4 is 50.5 Å². The number of amides is 3. The number of fused-ring (bicyclic) bond motifs is 1. The molecule has 1 saturated heterocycles. The fraction of sp³-hybridized carbons (Fsp3) is 0.381. The maximum atomic E-state index is 13.1. The largest absolute Gasteiger partial charge is 0.369 e. The summed E-state index contributed by atoms with van der Waals surface area (Å²) in [5.41, 5.74) is 7.04. The predicted molar refractivity (Wildman–Crippen MR) is 121 cm³/mol. The fourth-order valence-corrected chi connectivity index (χ4v) is 6.72. The number of likely N-dealkylation sites (tertiary alicyclic amines) is 1. The molecule has 11 heteroatoms. The number of sulfonamides is 1. The Labute approximate surface area is 190 Å². The Balaban J connectivity index is 1.50. The number of hydrogen-bond donors (Lipinski definition) is 2. The quantitative estimate of drug-likeness (QED) is 0.647. The van der Waals surface area contributed by atoms with Gasteiger partial charge in [0.05, 0.1) is 5.69 Å². The molecule has 32 heavy (non-hydrogen) atoms. The molecule has 3 amide bonds. The number of nitrogens with one attached hydrogen (secondary N) is 1. The van der Waals surface area contributed by atoms with Crippen LogP contribution in [0.3, 0.4) is 0 Å². The van der Waals surface area contributed by atoms with Gasteiger partial charge in [-0.3, -0.25) is 18.7 Å². The summed E-state index contributed by atoms with van der Waals surface area (Å²) in [4.78, 5) is 37.8. The van der Waals surface area contributed by atoms with Crippen molar-refractivity contribution in [2.24, 2.45) is 11.7 Å². The Kier molecular flexibility index (Phi) is 6.20. The Bertz CT molecular complexity index is 1140. The number of aryl methyl sites for hydroxylation is 1. The average Bonchev–Trinajstić information content (AvgIpc) is 3.34. The van der Waals surface area contributed by atoms with E-state index in [-0.39, 0.29) is 23.2 Å². The number of primary amides is 1.